The van der Waals surface area contributed by atoms with Gasteiger partial charge in [-0.05, 0) is 54.4 Å². The fraction of sp³-hybridized carbons (Fsp3) is 0.192. The summed E-state index contributed by atoms with van der Waals surface area (Å²) in [6.45, 7) is 1.29. The first-order valence-corrected chi connectivity index (χ1v) is 10.6. The van der Waals surface area contributed by atoms with Crippen LogP contribution in [0.1, 0.15) is 29.3 Å². The first-order chi connectivity index (χ1) is 16.4. The van der Waals surface area contributed by atoms with Crippen LogP contribution in [0.3, 0.4) is 0 Å². The number of anilines is 2. The van der Waals surface area contributed by atoms with Crippen molar-refractivity contribution in [1.29, 1.82) is 0 Å². The van der Waals surface area contributed by atoms with Crippen molar-refractivity contribution in [3.05, 3.63) is 77.9 Å². The van der Waals surface area contributed by atoms with Crippen LogP contribution in [0.2, 0.25) is 0 Å². The fourth-order valence-electron chi connectivity index (χ4n) is 3.27. The first kappa shape index (κ1) is 24.3. The van der Waals surface area contributed by atoms with E-state index in [4.69, 9.17) is 14.2 Å². The van der Waals surface area contributed by atoms with E-state index in [9.17, 15) is 14.4 Å². The Morgan fingerprint density at radius 1 is 0.794 bits per heavy atom. The maximum Gasteiger partial charge on any atom is 0.308 e. The lowest BCUT2D eigenvalue weighted by molar-refractivity contribution is -0.131. The lowest BCUT2D eigenvalue weighted by atomic mass is 10.1. The average Bonchev–Trinajstić information content (AvgIpc) is 2.83. The van der Waals surface area contributed by atoms with Crippen molar-refractivity contribution < 1.29 is 28.6 Å². The third-order valence-electron chi connectivity index (χ3n) is 4.90. The molecule has 0 aromatic heterocycles. The monoisotopic (exact) mass is 462 g/mol. The number of amides is 2. The summed E-state index contributed by atoms with van der Waals surface area (Å²) in [5, 5.41) is 5.64. The standard InChI is InChI=1S/C26H26N2O6/c1-17(29)34-20-8-6-7-19(16-20)26(31)28-22-10-5-4-9-21(22)27-25(30)14-12-18-11-13-23(32-2)24(15-18)33-3/h4-11,13,15-16H,12,14H2,1-3H3,(H,27,30)(H,28,31). The molecular formula is C26H26N2O6. The Kier molecular flexibility index (Phi) is 8.23. The summed E-state index contributed by atoms with van der Waals surface area (Å²) in [4.78, 5) is 36.5. The molecule has 2 N–H and O–H groups in total. The van der Waals surface area contributed by atoms with Gasteiger partial charge >= 0.3 is 5.97 Å². The third kappa shape index (κ3) is 6.59. The van der Waals surface area contributed by atoms with E-state index in [2.05, 4.69) is 10.6 Å². The van der Waals surface area contributed by atoms with Crippen LogP contribution in [0.5, 0.6) is 17.2 Å². The van der Waals surface area contributed by atoms with E-state index in [1.165, 1.54) is 13.0 Å². The second-order valence-corrected chi connectivity index (χ2v) is 7.36. The zero-order chi connectivity index (χ0) is 24.5. The molecule has 0 radical (unpaired) electrons. The van der Waals surface area contributed by atoms with Crippen molar-refractivity contribution in [2.75, 3.05) is 24.9 Å². The van der Waals surface area contributed by atoms with Crippen LogP contribution in [0.25, 0.3) is 0 Å². The van der Waals surface area contributed by atoms with Gasteiger partial charge in [0.25, 0.3) is 5.91 Å². The number of carbonyl (C=O) groups is 3. The number of hydrogen-bond acceptors (Lipinski definition) is 6. The molecule has 0 unspecified atom stereocenters. The van der Waals surface area contributed by atoms with Crippen molar-refractivity contribution in [1.82, 2.24) is 0 Å². The molecule has 176 valence electrons. The van der Waals surface area contributed by atoms with Gasteiger partial charge < -0.3 is 24.8 Å². The van der Waals surface area contributed by atoms with E-state index in [0.29, 0.717) is 34.9 Å². The lowest BCUT2D eigenvalue weighted by Crippen LogP contribution is -2.17. The Labute approximate surface area is 197 Å². The van der Waals surface area contributed by atoms with Gasteiger partial charge in [0.15, 0.2) is 11.5 Å². The van der Waals surface area contributed by atoms with Gasteiger partial charge in [0, 0.05) is 18.9 Å². The van der Waals surface area contributed by atoms with Gasteiger partial charge in [-0.2, -0.15) is 0 Å². The van der Waals surface area contributed by atoms with Gasteiger partial charge in [-0.3, -0.25) is 14.4 Å². The van der Waals surface area contributed by atoms with E-state index >= 15 is 0 Å². The number of ether oxygens (including phenoxy) is 3. The molecule has 34 heavy (non-hydrogen) atoms. The Hall–Kier alpha value is -4.33. The fourth-order valence-corrected chi connectivity index (χ4v) is 3.27. The molecule has 3 rings (SSSR count). The van der Waals surface area contributed by atoms with Crippen molar-refractivity contribution in [2.24, 2.45) is 0 Å². The molecule has 0 fully saturated rings. The van der Waals surface area contributed by atoms with Gasteiger partial charge in [0.2, 0.25) is 5.91 Å². The maximum atomic E-state index is 12.7. The van der Waals surface area contributed by atoms with Crippen LogP contribution >= 0.6 is 0 Å². The minimum atomic E-state index is -0.473. The molecule has 0 aliphatic heterocycles. The largest absolute Gasteiger partial charge is 0.493 e. The molecule has 0 bridgehead atoms. The molecule has 0 atom stereocenters. The summed E-state index contributed by atoms with van der Waals surface area (Å²) in [6.07, 6.45) is 0.742. The van der Waals surface area contributed by atoms with Crippen molar-refractivity contribution >= 4 is 29.2 Å². The minimum absolute atomic E-state index is 0.201. The van der Waals surface area contributed by atoms with Gasteiger partial charge in [0.1, 0.15) is 5.75 Å². The van der Waals surface area contributed by atoms with Crippen LogP contribution in [0.15, 0.2) is 66.7 Å². The summed E-state index contributed by atoms with van der Waals surface area (Å²) in [5.41, 5.74) is 2.17. The number of hydrogen-bond donors (Lipinski definition) is 2. The van der Waals surface area contributed by atoms with Crippen LogP contribution in [0, 0.1) is 0 Å². The first-order valence-electron chi connectivity index (χ1n) is 10.6. The number of nitrogens with one attached hydrogen (secondary N) is 2. The van der Waals surface area contributed by atoms with E-state index < -0.39 is 11.9 Å². The zero-order valence-electron chi connectivity index (χ0n) is 19.2. The number of esters is 1. The van der Waals surface area contributed by atoms with E-state index in [-0.39, 0.29) is 18.1 Å². The van der Waals surface area contributed by atoms with Gasteiger partial charge in [-0.15, -0.1) is 0 Å². The highest BCUT2D eigenvalue weighted by molar-refractivity contribution is 6.07. The molecule has 0 aliphatic carbocycles. The normalized spacial score (nSPS) is 10.2. The lowest BCUT2D eigenvalue weighted by Gasteiger charge is -2.13. The highest BCUT2D eigenvalue weighted by atomic mass is 16.5. The second-order valence-electron chi connectivity index (χ2n) is 7.36. The van der Waals surface area contributed by atoms with E-state index in [1.54, 1.807) is 62.8 Å². The van der Waals surface area contributed by atoms with Gasteiger partial charge in [-0.25, -0.2) is 0 Å². The van der Waals surface area contributed by atoms with Crippen molar-refractivity contribution in [2.45, 2.75) is 19.8 Å². The summed E-state index contributed by atoms with van der Waals surface area (Å²) in [7, 11) is 3.13. The average molecular weight is 463 g/mol. The van der Waals surface area contributed by atoms with Gasteiger partial charge in [0.05, 0.1) is 25.6 Å². The smallest absolute Gasteiger partial charge is 0.308 e. The van der Waals surface area contributed by atoms with Crippen LogP contribution < -0.4 is 24.8 Å². The van der Waals surface area contributed by atoms with Crippen LogP contribution in [-0.4, -0.2) is 32.0 Å². The number of rotatable bonds is 9. The number of carbonyl (C=O) groups excluding carboxylic acids is 3. The Balaban J connectivity index is 1.64. The summed E-state index contributed by atoms with van der Waals surface area (Å²) < 4.78 is 15.6. The number of aryl methyl sites for hydroxylation is 1. The molecule has 8 heteroatoms. The molecule has 3 aromatic rings. The second kappa shape index (κ2) is 11.5. The quantitative estimate of drug-likeness (QED) is 0.360. The topological polar surface area (TPSA) is 103 Å². The highest BCUT2D eigenvalue weighted by Crippen LogP contribution is 2.28. The number of methoxy groups -OCH3 is 2. The molecular weight excluding hydrogens is 436 g/mol. The number of benzene rings is 3. The molecule has 8 nitrogen and oxygen atoms in total. The Morgan fingerprint density at radius 2 is 1.50 bits per heavy atom. The predicted molar refractivity (Wildman–Crippen MR) is 129 cm³/mol. The molecule has 3 aromatic carbocycles. The summed E-state index contributed by atoms with van der Waals surface area (Å²) >= 11 is 0. The highest BCUT2D eigenvalue weighted by Gasteiger charge is 2.13. The molecule has 0 aliphatic rings. The van der Waals surface area contributed by atoms with Crippen molar-refractivity contribution in [3.63, 3.8) is 0 Å². The molecule has 0 saturated carbocycles. The molecule has 0 spiro atoms. The van der Waals surface area contributed by atoms with Crippen LogP contribution in [-0.2, 0) is 16.0 Å². The Morgan fingerprint density at radius 3 is 2.18 bits per heavy atom. The molecule has 2 amide bonds. The third-order valence-corrected chi connectivity index (χ3v) is 4.90. The van der Waals surface area contributed by atoms with E-state index in [0.717, 1.165) is 5.56 Å². The SMILES string of the molecule is COc1ccc(CCC(=O)Nc2ccccc2NC(=O)c2cccc(OC(C)=O)c2)cc1OC. The minimum Gasteiger partial charge on any atom is -0.493 e. The number of para-hydroxylation sites is 2. The van der Waals surface area contributed by atoms with Crippen molar-refractivity contribution in [3.8, 4) is 17.2 Å². The molecule has 0 heterocycles. The van der Waals surface area contributed by atoms with E-state index in [1.807, 2.05) is 12.1 Å². The summed E-state index contributed by atoms with van der Waals surface area (Å²) in [5.74, 6) is 0.426. The summed E-state index contributed by atoms with van der Waals surface area (Å²) in [6, 6.07) is 18.7. The predicted octanol–water partition coefficient (Wildman–Crippen LogP) is 4.45. The Bertz CT molecular complexity index is 1190. The zero-order valence-corrected chi connectivity index (χ0v) is 19.2. The van der Waals surface area contributed by atoms with Crippen LogP contribution in [0.4, 0.5) is 11.4 Å². The van der Waals surface area contributed by atoms with Gasteiger partial charge in [-0.1, -0.05) is 24.3 Å². The maximum absolute atomic E-state index is 12.7. The molecule has 0 saturated heterocycles.